The lowest BCUT2D eigenvalue weighted by Gasteiger charge is -2.11. The van der Waals surface area contributed by atoms with Gasteiger partial charge in [-0.25, -0.2) is 8.78 Å². The van der Waals surface area contributed by atoms with Crippen LogP contribution >= 0.6 is 39.1 Å². The van der Waals surface area contributed by atoms with Crippen molar-refractivity contribution >= 4 is 39.1 Å². The van der Waals surface area contributed by atoms with Crippen molar-refractivity contribution in [2.45, 2.75) is 27.7 Å². The Hall–Kier alpha value is -2.20. The quantitative estimate of drug-likeness (QED) is 0.234. The molecule has 0 N–H and O–H groups in total. The topological polar surface area (TPSA) is 0 Å². The average molecular weight is 548 g/mol. The van der Waals surface area contributed by atoms with Crippen LogP contribution in [0.1, 0.15) is 22.3 Å². The van der Waals surface area contributed by atoms with Crippen molar-refractivity contribution < 1.29 is 8.78 Å². The molecule has 0 aliphatic carbocycles. The Kier molecular flexibility index (Phi) is 8.33. The first-order valence-corrected chi connectivity index (χ1v) is 11.9. The highest BCUT2D eigenvalue weighted by molar-refractivity contribution is 9.10. The van der Waals surface area contributed by atoms with E-state index in [0.717, 1.165) is 37.9 Å². The molecule has 0 aliphatic heterocycles. The minimum atomic E-state index is -0.295. The monoisotopic (exact) mass is 546 g/mol. The second-order valence-electron chi connectivity index (χ2n) is 7.93. The minimum Gasteiger partial charge on any atom is -0.206 e. The van der Waals surface area contributed by atoms with E-state index in [2.05, 4.69) is 15.9 Å². The molecule has 4 rings (SSSR count). The summed E-state index contributed by atoms with van der Waals surface area (Å²) in [5.41, 5.74) is 6.96. The van der Waals surface area contributed by atoms with Crippen LogP contribution in [0.25, 0.3) is 22.3 Å². The number of benzene rings is 4. The largest absolute Gasteiger partial charge is 0.206 e. The molecule has 0 aliphatic rings. The first kappa shape index (κ1) is 25.4. The van der Waals surface area contributed by atoms with Gasteiger partial charge in [0.1, 0.15) is 11.6 Å². The van der Waals surface area contributed by atoms with Crippen LogP contribution in [-0.4, -0.2) is 0 Å². The normalized spacial score (nSPS) is 10.6. The van der Waals surface area contributed by atoms with Gasteiger partial charge in [0.15, 0.2) is 0 Å². The van der Waals surface area contributed by atoms with Crippen molar-refractivity contribution in [3.63, 3.8) is 0 Å². The molecule has 0 saturated carbocycles. The molecule has 0 spiro atoms. The summed E-state index contributed by atoms with van der Waals surface area (Å²) in [6.07, 6.45) is 0. The summed E-state index contributed by atoms with van der Waals surface area (Å²) in [6, 6.07) is 19.3. The van der Waals surface area contributed by atoms with Gasteiger partial charge in [0.25, 0.3) is 0 Å². The highest BCUT2D eigenvalue weighted by Crippen LogP contribution is 2.35. The molecule has 0 saturated heterocycles. The molecule has 4 aromatic rings. The standard InChI is InChI=1S/C14H11BrClF.C14H12ClF/c1-8-6-9(2)11(15)7-10(8)14-12(16)4-3-5-13(14)17;1-9-6-7-11(10(2)8-9)14-12(15)4-3-5-13(14)16/h3-7H,1-2H3;3-8H,1-2H3. The van der Waals surface area contributed by atoms with Gasteiger partial charge < -0.3 is 0 Å². The van der Waals surface area contributed by atoms with E-state index in [0.29, 0.717) is 21.2 Å². The third-order valence-electron chi connectivity index (χ3n) is 5.35. The highest BCUT2D eigenvalue weighted by Gasteiger charge is 2.13. The lowest BCUT2D eigenvalue weighted by Crippen LogP contribution is -1.91. The summed E-state index contributed by atoms with van der Waals surface area (Å²) in [7, 11) is 0. The molecule has 4 aromatic carbocycles. The Labute approximate surface area is 212 Å². The average Bonchev–Trinajstić information content (AvgIpc) is 2.73. The van der Waals surface area contributed by atoms with E-state index in [4.69, 9.17) is 23.2 Å². The van der Waals surface area contributed by atoms with E-state index < -0.39 is 0 Å². The number of hydrogen-bond donors (Lipinski definition) is 0. The summed E-state index contributed by atoms with van der Waals surface area (Å²) in [4.78, 5) is 0. The van der Waals surface area contributed by atoms with Crippen molar-refractivity contribution in [3.05, 3.63) is 115 Å². The zero-order valence-corrected chi connectivity index (χ0v) is 21.8. The number of rotatable bonds is 2. The smallest absolute Gasteiger partial charge is 0.132 e. The van der Waals surface area contributed by atoms with Gasteiger partial charge in [0.2, 0.25) is 0 Å². The first-order valence-electron chi connectivity index (χ1n) is 10.3. The molecule has 0 amide bonds. The summed E-state index contributed by atoms with van der Waals surface area (Å²) < 4.78 is 28.5. The SMILES string of the molecule is Cc1cc(C)c(-c2c(F)cccc2Cl)cc1Br.Cc1ccc(-c2c(F)cccc2Cl)c(C)c1. The Morgan fingerprint density at radius 2 is 1.12 bits per heavy atom. The van der Waals surface area contributed by atoms with Gasteiger partial charge in [-0.1, -0.05) is 81.1 Å². The maximum absolute atomic E-state index is 13.8. The van der Waals surface area contributed by atoms with Crippen LogP contribution in [0, 0.1) is 39.3 Å². The molecule has 0 nitrogen and oxygen atoms in total. The third kappa shape index (κ3) is 5.84. The molecule has 0 atom stereocenters. The fourth-order valence-corrected chi connectivity index (χ4v) is 4.57. The number of halogens is 5. The molecule has 0 bridgehead atoms. The Morgan fingerprint density at radius 3 is 1.64 bits per heavy atom. The molecule has 0 radical (unpaired) electrons. The number of hydrogen-bond acceptors (Lipinski definition) is 0. The van der Waals surface area contributed by atoms with Crippen LogP contribution in [0.5, 0.6) is 0 Å². The predicted octanol–water partition coefficient (Wildman–Crippen LogP) is 10.3. The molecule has 0 unspecified atom stereocenters. The van der Waals surface area contributed by atoms with E-state index in [9.17, 15) is 8.78 Å². The van der Waals surface area contributed by atoms with E-state index >= 15 is 0 Å². The predicted molar refractivity (Wildman–Crippen MR) is 140 cm³/mol. The van der Waals surface area contributed by atoms with Crippen molar-refractivity contribution in [3.8, 4) is 22.3 Å². The molecular formula is C28H23BrCl2F2. The van der Waals surface area contributed by atoms with E-state index in [1.807, 2.05) is 58.0 Å². The van der Waals surface area contributed by atoms with Gasteiger partial charge in [-0.2, -0.15) is 0 Å². The third-order valence-corrected chi connectivity index (χ3v) is 6.84. The molecule has 33 heavy (non-hydrogen) atoms. The van der Waals surface area contributed by atoms with Crippen molar-refractivity contribution in [2.24, 2.45) is 0 Å². The van der Waals surface area contributed by atoms with Gasteiger partial charge >= 0.3 is 0 Å². The maximum Gasteiger partial charge on any atom is 0.132 e. The van der Waals surface area contributed by atoms with Crippen LogP contribution in [-0.2, 0) is 0 Å². The summed E-state index contributed by atoms with van der Waals surface area (Å²) in [5, 5.41) is 0.885. The lowest BCUT2D eigenvalue weighted by molar-refractivity contribution is 0.631. The maximum atomic E-state index is 13.8. The van der Waals surface area contributed by atoms with Gasteiger partial charge in [0, 0.05) is 15.6 Å². The summed E-state index contributed by atoms with van der Waals surface area (Å²) in [5.74, 6) is -0.573. The zero-order valence-electron chi connectivity index (χ0n) is 18.7. The lowest BCUT2D eigenvalue weighted by atomic mass is 9.98. The van der Waals surface area contributed by atoms with Crippen molar-refractivity contribution in [1.29, 1.82) is 0 Å². The highest BCUT2D eigenvalue weighted by atomic mass is 79.9. The van der Waals surface area contributed by atoms with Gasteiger partial charge in [0.05, 0.1) is 10.0 Å². The van der Waals surface area contributed by atoms with E-state index in [1.54, 1.807) is 24.3 Å². The van der Waals surface area contributed by atoms with Crippen molar-refractivity contribution in [1.82, 2.24) is 0 Å². The van der Waals surface area contributed by atoms with Crippen LogP contribution in [0.15, 0.2) is 71.2 Å². The zero-order chi connectivity index (χ0) is 24.3. The van der Waals surface area contributed by atoms with E-state index in [1.165, 1.54) is 12.1 Å². The fraction of sp³-hybridized carbons (Fsp3) is 0.143. The molecular weight excluding hydrogens is 525 g/mol. The second-order valence-corrected chi connectivity index (χ2v) is 9.60. The van der Waals surface area contributed by atoms with Crippen LogP contribution in [0.4, 0.5) is 8.78 Å². The van der Waals surface area contributed by atoms with Gasteiger partial charge in [-0.15, -0.1) is 0 Å². The Morgan fingerprint density at radius 1 is 0.606 bits per heavy atom. The number of aryl methyl sites for hydroxylation is 4. The summed E-state index contributed by atoms with van der Waals surface area (Å²) in [6.45, 7) is 7.94. The fourth-order valence-electron chi connectivity index (χ4n) is 3.70. The Bertz CT molecular complexity index is 1280. The Balaban J connectivity index is 0.000000186. The van der Waals surface area contributed by atoms with E-state index in [-0.39, 0.29) is 11.6 Å². The van der Waals surface area contributed by atoms with Crippen LogP contribution in [0.2, 0.25) is 10.0 Å². The van der Waals surface area contributed by atoms with Crippen molar-refractivity contribution in [2.75, 3.05) is 0 Å². The van der Waals surface area contributed by atoms with Crippen LogP contribution in [0.3, 0.4) is 0 Å². The molecule has 5 heteroatoms. The summed E-state index contributed by atoms with van der Waals surface area (Å²) >= 11 is 15.6. The molecule has 0 fully saturated rings. The van der Waals surface area contributed by atoms with Gasteiger partial charge in [-0.05, 0) is 85.8 Å². The molecule has 170 valence electrons. The molecule has 0 aromatic heterocycles. The first-order chi connectivity index (χ1) is 15.6. The van der Waals surface area contributed by atoms with Gasteiger partial charge in [-0.3, -0.25) is 0 Å². The van der Waals surface area contributed by atoms with Crippen LogP contribution < -0.4 is 0 Å². The molecule has 0 heterocycles. The second kappa shape index (κ2) is 10.8. The minimum absolute atomic E-state index is 0.278.